The van der Waals surface area contributed by atoms with Crippen molar-refractivity contribution in [1.82, 2.24) is 9.78 Å². The van der Waals surface area contributed by atoms with Gasteiger partial charge in [-0.25, -0.2) is 0 Å². The third-order valence-electron chi connectivity index (χ3n) is 3.21. The first-order valence-electron chi connectivity index (χ1n) is 7.38. The standard InChI is InChI=1S/C17H25N3/c1-12(2)9-14-5-7-15(8-6-14)17-16(18)11-20(19-17)10-13(3)4/h5-8,11-13H,9-10,18H2,1-4H3. The Labute approximate surface area is 121 Å². The Morgan fingerprint density at radius 2 is 1.70 bits per heavy atom. The fourth-order valence-electron chi connectivity index (χ4n) is 2.40. The number of nitrogens with zero attached hydrogens (tertiary/aromatic N) is 2. The molecule has 0 radical (unpaired) electrons. The zero-order valence-electron chi connectivity index (χ0n) is 12.9. The maximum absolute atomic E-state index is 6.08. The van der Waals surface area contributed by atoms with Gasteiger partial charge in [0.2, 0.25) is 0 Å². The predicted molar refractivity (Wildman–Crippen MR) is 85.5 cm³/mol. The largest absolute Gasteiger partial charge is 0.396 e. The van der Waals surface area contributed by atoms with Crippen LogP contribution in [0.4, 0.5) is 5.69 Å². The van der Waals surface area contributed by atoms with E-state index >= 15 is 0 Å². The third-order valence-corrected chi connectivity index (χ3v) is 3.21. The summed E-state index contributed by atoms with van der Waals surface area (Å²) >= 11 is 0. The van der Waals surface area contributed by atoms with Gasteiger partial charge in [-0.3, -0.25) is 4.68 Å². The van der Waals surface area contributed by atoms with E-state index in [-0.39, 0.29) is 0 Å². The van der Waals surface area contributed by atoms with E-state index in [1.807, 2.05) is 10.9 Å². The van der Waals surface area contributed by atoms with Crippen molar-refractivity contribution in [2.24, 2.45) is 11.8 Å². The van der Waals surface area contributed by atoms with Crippen LogP contribution in [-0.2, 0) is 13.0 Å². The van der Waals surface area contributed by atoms with Crippen molar-refractivity contribution < 1.29 is 0 Å². The average Bonchev–Trinajstić information content (AvgIpc) is 2.69. The van der Waals surface area contributed by atoms with E-state index in [1.54, 1.807) is 0 Å². The minimum Gasteiger partial charge on any atom is -0.396 e. The van der Waals surface area contributed by atoms with Gasteiger partial charge in [0.05, 0.1) is 5.69 Å². The Balaban J connectivity index is 2.21. The molecule has 0 aliphatic heterocycles. The highest BCUT2D eigenvalue weighted by atomic mass is 15.3. The van der Waals surface area contributed by atoms with E-state index in [0.717, 1.165) is 29.9 Å². The average molecular weight is 271 g/mol. The van der Waals surface area contributed by atoms with Crippen LogP contribution < -0.4 is 5.73 Å². The molecule has 0 fully saturated rings. The van der Waals surface area contributed by atoms with Gasteiger partial charge in [0.1, 0.15) is 5.69 Å². The number of aromatic nitrogens is 2. The molecule has 2 aromatic rings. The fraction of sp³-hybridized carbons (Fsp3) is 0.471. The number of benzene rings is 1. The predicted octanol–water partition coefficient (Wildman–Crippen LogP) is 3.99. The smallest absolute Gasteiger partial charge is 0.115 e. The van der Waals surface area contributed by atoms with Crippen LogP contribution in [0.15, 0.2) is 30.5 Å². The molecule has 2 N–H and O–H groups in total. The molecular weight excluding hydrogens is 246 g/mol. The molecule has 0 bridgehead atoms. The first-order chi connectivity index (χ1) is 9.45. The van der Waals surface area contributed by atoms with Gasteiger partial charge < -0.3 is 5.73 Å². The van der Waals surface area contributed by atoms with Crippen LogP contribution in [0, 0.1) is 11.8 Å². The highest BCUT2D eigenvalue weighted by molar-refractivity contribution is 5.72. The van der Waals surface area contributed by atoms with Crippen LogP contribution >= 0.6 is 0 Å². The fourth-order valence-corrected chi connectivity index (χ4v) is 2.40. The molecule has 0 aliphatic carbocycles. The van der Waals surface area contributed by atoms with Gasteiger partial charge in [-0.15, -0.1) is 0 Å². The molecule has 0 unspecified atom stereocenters. The Kier molecular flexibility index (Phi) is 4.48. The highest BCUT2D eigenvalue weighted by Crippen LogP contribution is 2.25. The van der Waals surface area contributed by atoms with Crippen molar-refractivity contribution in [3.8, 4) is 11.3 Å². The first-order valence-corrected chi connectivity index (χ1v) is 7.38. The SMILES string of the molecule is CC(C)Cc1ccc(-c2nn(CC(C)C)cc2N)cc1. The summed E-state index contributed by atoms with van der Waals surface area (Å²) in [6, 6.07) is 8.60. The lowest BCUT2D eigenvalue weighted by Crippen LogP contribution is -2.04. The molecular formula is C17H25N3. The zero-order chi connectivity index (χ0) is 14.7. The van der Waals surface area contributed by atoms with Crippen LogP contribution in [0.25, 0.3) is 11.3 Å². The van der Waals surface area contributed by atoms with Crippen molar-refractivity contribution in [2.45, 2.75) is 40.7 Å². The summed E-state index contributed by atoms with van der Waals surface area (Å²) in [7, 11) is 0. The maximum Gasteiger partial charge on any atom is 0.115 e. The molecule has 1 aromatic heterocycles. The molecule has 0 saturated carbocycles. The van der Waals surface area contributed by atoms with E-state index in [9.17, 15) is 0 Å². The molecule has 0 aliphatic rings. The first kappa shape index (κ1) is 14.6. The second-order valence-electron chi connectivity index (χ2n) is 6.34. The quantitative estimate of drug-likeness (QED) is 0.893. The van der Waals surface area contributed by atoms with Crippen LogP contribution in [0.5, 0.6) is 0 Å². The summed E-state index contributed by atoms with van der Waals surface area (Å²) in [5, 5.41) is 4.60. The number of nitrogens with two attached hydrogens (primary N) is 1. The zero-order valence-corrected chi connectivity index (χ0v) is 12.9. The molecule has 1 heterocycles. The highest BCUT2D eigenvalue weighted by Gasteiger charge is 2.09. The normalized spacial score (nSPS) is 11.5. The van der Waals surface area contributed by atoms with Gasteiger partial charge in [0.25, 0.3) is 0 Å². The summed E-state index contributed by atoms with van der Waals surface area (Å²) in [6.45, 7) is 9.73. The molecule has 108 valence electrons. The lowest BCUT2D eigenvalue weighted by Gasteiger charge is -2.06. The van der Waals surface area contributed by atoms with Crippen LogP contribution in [0.1, 0.15) is 33.3 Å². The van der Waals surface area contributed by atoms with E-state index in [2.05, 4.69) is 57.1 Å². The molecule has 0 amide bonds. The monoisotopic (exact) mass is 271 g/mol. The molecule has 3 heteroatoms. The number of rotatable bonds is 5. The lowest BCUT2D eigenvalue weighted by molar-refractivity contribution is 0.484. The number of hydrogen-bond acceptors (Lipinski definition) is 2. The molecule has 1 aromatic carbocycles. The van der Waals surface area contributed by atoms with Crippen molar-refractivity contribution in [2.75, 3.05) is 5.73 Å². The summed E-state index contributed by atoms with van der Waals surface area (Å²) in [5.41, 5.74) is 10.2. The molecule has 0 saturated heterocycles. The van der Waals surface area contributed by atoms with Gasteiger partial charge in [0, 0.05) is 18.3 Å². The third kappa shape index (κ3) is 3.62. The van der Waals surface area contributed by atoms with Crippen LogP contribution in [0.3, 0.4) is 0 Å². The van der Waals surface area contributed by atoms with Gasteiger partial charge in [-0.05, 0) is 23.8 Å². The van der Waals surface area contributed by atoms with E-state index < -0.39 is 0 Å². The maximum atomic E-state index is 6.08. The Morgan fingerprint density at radius 3 is 2.25 bits per heavy atom. The summed E-state index contributed by atoms with van der Waals surface area (Å²) in [4.78, 5) is 0. The van der Waals surface area contributed by atoms with Crippen molar-refractivity contribution in [1.29, 1.82) is 0 Å². The van der Waals surface area contributed by atoms with Gasteiger partial charge in [-0.2, -0.15) is 5.10 Å². The minimum absolute atomic E-state index is 0.565. The molecule has 3 nitrogen and oxygen atoms in total. The lowest BCUT2D eigenvalue weighted by atomic mass is 10.0. The summed E-state index contributed by atoms with van der Waals surface area (Å²) in [6.07, 6.45) is 3.04. The topological polar surface area (TPSA) is 43.8 Å². The summed E-state index contributed by atoms with van der Waals surface area (Å²) < 4.78 is 1.94. The molecule has 0 spiro atoms. The Hall–Kier alpha value is -1.77. The van der Waals surface area contributed by atoms with Crippen molar-refractivity contribution >= 4 is 5.69 Å². The van der Waals surface area contributed by atoms with E-state index in [4.69, 9.17) is 5.73 Å². The minimum atomic E-state index is 0.565. The van der Waals surface area contributed by atoms with Crippen LogP contribution in [-0.4, -0.2) is 9.78 Å². The molecule has 2 rings (SSSR count). The number of anilines is 1. The Morgan fingerprint density at radius 1 is 1.05 bits per heavy atom. The number of nitrogen functional groups attached to an aromatic ring is 1. The second-order valence-corrected chi connectivity index (χ2v) is 6.34. The van der Waals surface area contributed by atoms with E-state index in [0.29, 0.717) is 11.8 Å². The van der Waals surface area contributed by atoms with Gasteiger partial charge >= 0.3 is 0 Å². The molecule has 20 heavy (non-hydrogen) atoms. The Bertz CT molecular complexity index is 550. The van der Waals surface area contributed by atoms with Crippen LogP contribution in [0.2, 0.25) is 0 Å². The molecule has 0 atom stereocenters. The van der Waals surface area contributed by atoms with Crippen molar-refractivity contribution in [3.63, 3.8) is 0 Å². The summed E-state index contributed by atoms with van der Waals surface area (Å²) in [5.74, 6) is 1.24. The van der Waals surface area contributed by atoms with Gasteiger partial charge in [0.15, 0.2) is 0 Å². The van der Waals surface area contributed by atoms with Gasteiger partial charge in [-0.1, -0.05) is 52.0 Å². The number of hydrogen-bond donors (Lipinski definition) is 1. The van der Waals surface area contributed by atoms with Crippen molar-refractivity contribution in [3.05, 3.63) is 36.0 Å². The van der Waals surface area contributed by atoms with E-state index in [1.165, 1.54) is 5.56 Å². The second kappa shape index (κ2) is 6.12.